The van der Waals surface area contributed by atoms with E-state index in [0.717, 1.165) is 24.1 Å². The molecule has 2 rings (SSSR count). The van der Waals surface area contributed by atoms with Crippen molar-refractivity contribution in [3.8, 4) is 6.07 Å². The molecule has 0 radical (unpaired) electrons. The molecule has 0 spiro atoms. The quantitative estimate of drug-likeness (QED) is 0.675. The first kappa shape index (κ1) is 15.8. The second-order valence-corrected chi connectivity index (χ2v) is 6.78. The van der Waals surface area contributed by atoms with Gasteiger partial charge in [0.05, 0.1) is 18.2 Å². The number of dihydropyridines is 1. The minimum atomic E-state index is -0.505. The van der Waals surface area contributed by atoms with Crippen molar-refractivity contribution < 1.29 is 9.53 Å². The SMILES string of the molecule is CC(C)(C)OC(=O)N1CCCC2=C(C=C(C#N)C(S)N2)C1. The third-order valence-corrected chi connectivity index (χ3v) is 3.73. The van der Waals surface area contributed by atoms with Gasteiger partial charge in [-0.05, 0) is 45.3 Å². The number of ether oxygens (including phenoxy) is 1. The van der Waals surface area contributed by atoms with Crippen molar-refractivity contribution in [3.63, 3.8) is 0 Å². The van der Waals surface area contributed by atoms with E-state index in [1.165, 1.54) is 0 Å². The number of carbonyl (C=O) groups excluding carboxylic acids is 1. The number of nitrogens with zero attached hydrogens (tertiary/aromatic N) is 2. The highest BCUT2D eigenvalue weighted by Crippen LogP contribution is 2.26. The summed E-state index contributed by atoms with van der Waals surface area (Å²) in [6, 6.07) is 2.14. The van der Waals surface area contributed by atoms with Crippen LogP contribution in [0.1, 0.15) is 33.6 Å². The summed E-state index contributed by atoms with van der Waals surface area (Å²) in [5, 5.41) is 12.1. The molecule has 1 unspecified atom stereocenters. The Bertz CT molecular complexity index is 540. The molecule has 2 heterocycles. The number of carbonyl (C=O) groups is 1. The van der Waals surface area contributed by atoms with Gasteiger partial charge < -0.3 is 15.0 Å². The van der Waals surface area contributed by atoms with Gasteiger partial charge in [-0.3, -0.25) is 0 Å². The summed E-state index contributed by atoms with van der Waals surface area (Å²) in [7, 11) is 0. The summed E-state index contributed by atoms with van der Waals surface area (Å²) in [6.45, 7) is 6.68. The second-order valence-electron chi connectivity index (χ2n) is 6.27. The molecule has 2 aliphatic heterocycles. The van der Waals surface area contributed by atoms with Crippen LogP contribution in [0.4, 0.5) is 4.79 Å². The number of hydrogen-bond acceptors (Lipinski definition) is 5. The first-order valence-electron chi connectivity index (χ1n) is 7.06. The Morgan fingerprint density at radius 1 is 1.57 bits per heavy atom. The van der Waals surface area contributed by atoms with Crippen LogP contribution in [0.5, 0.6) is 0 Å². The predicted molar refractivity (Wildman–Crippen MR) is 83.7 cm³/mol. The average molecular weight is 307 g/mol. The molecule has 0 aliphatic carbocycles. The molecule has 1 atom stereocenters. The Balaban J connectivity index is 2.16. The smallest absolute Gasteiger partial charge is 0.410 e. The summed E-state index contributed by atoms with van der Waals surface area (Å²) in [5.74, 6) is 0. The Morgan fingerprint density at radius 3 is 2.90 bits per heavy atom. The molecule has 0 saturated carbocycles. The van der Waals surface area contributed by atoms with Gasteiger partial charge >= 0.3 is 6.09 Å². The van der Waals surface area contributed by atoms with Gasteiger partial charge in [0, 0.05) is 12.2 Å². The summed E-state index contributed by atoms with van der Waals surface area (Å²) in [4.78, 5) is 13.9. The number of nitrogens with one attached hydrogen (secondary N) is 1. The third-order valence-electron chi connectivity index (χ3n) is 3.32. The van der Waals surface area contributed by atoms with E-state index in [4.69, 9.17) is 10.00 Å². The first-order chi connectivity index (χ1) is 9.80. The van der Waals surface area contributed by atoms with Crippen molar-refractivity contribution in [1.29, 1.82) is 5.26 Å². The highest BCUT2D eigenvalue weighted by Gasteiger charge is 2.28. The molecule has 0 fully saturated rings. The third kappa shape index (κ3) is 3.94. The van der Waals surface area contributed by atoms with Crippen LogP contribution in [0.2, 0.25) is 0 Å². The normalized spacial score (nSPS) is 22.5. The Kier molecular flexibility index (Phi) is 4.52. The number of nitriles is 1. The molecule has 1 N–H and O–H groups in total. The number of amides is 1. The Hall–Kier alpha value is -1.61. The van der Waals surface area contributed by atoms with Crippen molar-refractivity contribution in [3.05, 3.63) is 22.9 Å². The number of hydrogen-bond donors (Lipinski definition) is 2. The molecular weight excluding hydrogens is 286 g/mol. The van der Waals surface area contributed by atoms with Gasteiger partial charge in [0.15, 0.2) is 0 Å². The van der Waals surface area contributed by atoms with E-state index in [1.807, 2.05) is 26.8 Å². The van der Waals surface area contributed by atoms with Crippen LogP contribution in [-0.2, 0) is 4.74 Å². The second kappa shape index (κ2) is 6.02. The fourth-order valence-corrected chi connectivity index (χ4v) is 2.66. The first-order valence-corrected chi connectivity index (χ1v) is 7.58. The minimum Gasteiger partial charge on any atom is -0.444 e. The van der Waals surface area contributed by atoms with E-state index >= 15 is 0 Å². The molecule has 114 valence electrons. The predicted octanol–water partition coefficient (Wildman–Crippen LogP) is 2.58. The van der Waals surface area contributed by atoms with E-state index in [0.29, 0.717) is 18.7 Å². The fraction of sp³-hybridized carbons (Fsp3) is 0.600. The maximum absolute atomic E-state index is 12.2. The molecule has 0 aromatic rings. The van der Waals surface area contributed by atoms with Gasteiger partial charge in [0.25, 0.3) is 0 Å². The van der Waals surface area contributed by atoms with Crippen molar-refractivity contribution in [2.75, 3.05) is 13.1 Å². The van der Waals surface area contributed by atoms with Gasteiger partial charge in [-0.2, -0.15) is 5.26 Å². The zero-order chi connectivity index (χ0) is 15.6. The monoisotopic (exact) mass is 307 g/mol. The standard InChI is InChI=1S/C15H21N3O2S/c1-15(2,3)20-14(19)18-6-4-5-12-11(9-18)7-10(8-16)13(21)17-12/h7,13,17,21H,4-6,9H2,1-3H3. The average Bonchev–Trinajstić information content (AvgIpc) is 2.57. The summed E-state index contributed by atoms with van der Waals surface area (Å²) in [5.41, 5.74) is 2.11. The molecule has 5 nitrogen and oxygen atoms in total. The van der Waals surface area contributed by atoms with E-state index in [2.05, 4.69) is 24.0 Å². The van der Waals surface area contributed by atoms with Crippen molar-refractivity contribution >= 4 is 18.7 Å². The van der Waals surface area contributed by atoms with Crippen LogP contribution >= 0.6 is 12.6 Å². The van der Waals surface area contributed by atoms with E-state index in [1.54, 1.807) is 4.90 Å². The van der Waals surface area contributed by atoms with Crippen LogP contribution in [0, 0.1) is 11.3 Å². The number of rotatable bonds is 0. The van der Waals surface area contributed by atoms with Gasteiger partial charge in [0.2, 0.25) is 0 Å². The minimum absolute atomic E-state index is 0.262. The lowest BCUT2D eigenvalue weighted by molar-refractivity contribution is 0.0270. The topological polar surface area (TPSA) is 65.4 Å². The molecule has 6 heteroatoms. The lowest BCUT2D eigenvalue weighted by Gasteiger charge is -2.28. The van der Waals surface area contributed by atoms with Crippen molar-refractivity contribution in [2.24, 2.45) is 0 Å². The number of allylic oxidation sites excluding steroid dienone is 1. The fourth-order valence-electron chi connectivity index (χ4n) is 2.37. The lowest BCUT2D eigenvalue weighted by atomic mass is 10.0. The molecule has 0 saturated heterocycles. The van der Waals surface area contributed by atoms with Gasteiger partial charge in [-0.15, -0.1) is 12.6 Å². The van der Waals surface area contributed by atoms with Crippen molar-refractivity contribution in [2.45, 2.75) is 44.6 Å². The highest BCUT2D eigenvalue weighted by atomic mass is 32.1. The Morgan fingerprint density at radius 2 is 2.29 bits per heavy atom. The molecule has 0 bridgehead atoms. The Labute approximate surface area is 131 Å². The molecule has 1 amide bonds. The van der Waals surface area contributed by atoms with Crippen LogP contribution in [-0.4, -0.2) is 35.1 Å². The summed E-state index contributed by atoms with van der Waals surface area (Å²) < 4.78 is 5.43. The van der Waals surface area contributed by atoms with Crippen LogP contribution in [0.3, 0.4) is 0 Å². The van der Waals surface area contributed by atoms with Crippen LogP contribution < -0.4 is 5.32 Å². The lowest BCUT2D eigenvalue weighted by Crippen LogP contribution is -2.38. The molecule has 21 heavy (non-hydrogen) atoms. The summed E-state index contributed by atoms with van der Waals surface area (Å²) in [6.07, 6.45) is 3.24. The maximum atomic E-state index is 12.2. The zero-order valence-corrected chi connectivity index (χ0v) is 13.5. The van der Waals surface area contributed by atoms with Gasteiger partial charge in [-0.25, -0.2) is 4.79 Å². The largest absolute Gasteiger partial charge is 0.444 e. The van der Waals surface area contributed by atoms with Crippen molar-refractivity contribution in [1.82, 2.24) is 10.2 Å². The summed E-state index contributed by atoms with van der Waals surface area (Å²) >= 11 is 4.37. The molecule has 0 aromatic heterocycles. The van der Waals surface area contributed by atoms with E-state index < -0.39 is 5.60 Å². The van der Waals surface area contributed by atoms with Crippen LogP contribution in [0.15, 0.2) is 22.9 Å². The zero-order valence-electron chi connectivity index (χ0n) is 12.6. The van der Waals surface area contributed by atoms with E-state index in [9.17, 15) is 4.79 Å². The number of thiol groups is 1. The van der Waals surface area contributed by atoms with Gasteiger partial charge in [0.1, 0.15) is 11.0 Å². The van der Waals surface area contributed by atoms with Gasteiger partial charge in [-0.1, -0.05) is 0 Å². The highest BCUT2D eigenvalue weighted by molar-refractivity contribution is 7.81. The van der Waals surface area contributed by atoms with Crippen LogP contribution in [0.25, 0.3) is 0 Å². The molecule has 0 aromatic carbocycles. The molecule has 2 aliphatic rings. The maximum Gasteiger partial charge on any atom is 0.410 e. The van der Waals surface area contributed by atoms with E-state index in [-0.39, 0.29) is 11.5 Å². The molecular formula is C15H21N3O2S.